The van der Waals surface area contributed by atoms with Crippen LogP contribution in [0.2, 0.25) is 0 Å². The Kier molecular flexibility index (Phi) is 7.55. The molecular weight excluding hydrogens is 314 g/mol. The zero-order valence-corrected chi connectivity index (χ0v) is 13.2. The summed E-state index contributed by atoms with van der Waals surface area (Å²) in [5, 5.41) is 6.07. The van der Waals surface area contributed by atoms with Crippen LogP contribution < -0.4 is 15.4 Å². The quantitative estimate of drug-likeness (QED) is 0.870. The highest BCUT2D eigenvalue weighted by atomic mass is 35.5. The molecule has 4 nitrogen and oxygen atoms in total. The molecule has 1 aliphatic heterocycles. The standard InChI is InChI=1S/C15H20F2N2O2.ClH/c1-10-8-11(6-7-18-10)15(20)19-12-4-2-3-5-13(12)21-9-14(16)17;/h2-5,10-11,14,18H,6-9H2,1H3,(H,19,20);1H/t10-,11-;/m0./s1. The Morgan fingerprint density at radius 3 is 2.86 bits per heavy atom. The van der Waals surface area contributed by atoms with E-state index < -0.39 is 13.0 Å². The SMILES string of the molecule is C[C@H]1C[C@@H](C(=O)Nc2ccccc2OCC(F)F)CCN1.Cl. The molecule has 0 saturated carbocycles. The first kappa shape index (κ1) is 18.6. The van der Waals surface area contributed by atoms with E-state index >= 15 is 0 Å². The van der Waals surface area contributed by atoms with Crippen LogP contribution in [-0.4, -0.2) is 31.5 Å². The molecule has 1 fully saturated rings. The first-order chi connectivity index (χ1) is 10.1. The number of amides is 1. The van der Waals surface area contributed by atoms with Crippen molar-refractivity contribution in [3.63, 3.8) is 0 Å². The molecule has 1 aromatic carbocycles. The van der Waals surface area contributed by atoms with Crippen molar-refractivity contribution in [2.24, 2.45) is 5.92 Å². The van der Waals surface area contributed by atoms with Crippen LogP contribution in [0.25, 0.3) is 0 Å². The van der Waals surface area contributed by atoms with Crippen molar-refractivity contribution in [2.45, 2.75) is 32.2 Å². The number of carbonyl (C=O) groups excluding carboxylic acids is 1. The molecule has 7 heteroatoms. The molecule has 0 aromatic heterocycles. The second-order valence-corrected chi connectivity index (χ2v) is 5.26. The summed E-state index contributed by atoms with van der Waals surface area (Å²) in [6, 6.07) is 6.95. The number of anilines is 1. The number of halogens is 3. The molecule has 1 amide bonds. The van der Waals surface area contributed by atoms with Crippen molar-refractivity contribution in [2.75, 3.05) is 18.5 Å². The fraction of sp³-hybridized carbons (Fsp3) is 0.533. The Labute approximate surface area is 135 Å². The number of alkyl halides is 2. The maximum absolute atomic E-state index is 12.3. The number of nitrogens with one attached hydrogen (secondary N) is 2. The number of ether oxygens (including phenoxy) is 1. The van der Waals surface area contributed by atoms with E-state index in [9.17, 15) is 13.6 Å². The summed E-state index contributed by atoms with van der Waals surface area (Å²) in [5.74, 6) is 0.119. The third-order valence-electron chi connectivity index (χ3n) is 3.50. The van der Waals surface area contributed by atoms with E-state index in [1.165, 1.54) is 0 Å². The lowest BCUT2D eigenvalue weighted by molar-refractivity contribution is -0.120. The third kappa shape index (κ3) is 5.42. The number of rotatable bonds is 5. The highest BCUT2D eigenvalue weighted by Gasteiger charge is 2.25. The van der Waals surface area contributed by atoms with Crippen molar-refractivity contribution in [1.29, 1.82) is 0 Å². The minimum absolute atomic E-state index is 0. The van der Waals surface area contributed by atoms with Gasteiger partial charge >= 0.3 is 0 Å². The summed E-state index contributed by atoms with van der Waals surface area (Å²) in [7, 11) is 0. The molecule has 1 heterocycles. The van der Waals surface area contributed by atoms with Crippen molar-refractivity contribution in [3.8, 4) is 5.75 Å². The second kappa shape index (κ2) is 8.90. The maximum atomic E-state index is 12.3. The Balaban J connectivity index is 0.00000242. The van der Waals surface area contributed by atoms with E-state index in [1.807, 2.05) is 6.92 Å². The van der Waals surface area contributed by atoms with Gasteiger partial charge < -0.3 is 15.4 Å². The van der Waals surface area contributed by atoms with E-state index in [-0.39, 0.29) is 30.0 Å². The van der Waals surface area contributed by atoms with Gasteiger partial charge in [-0.15, -0.1) is 12.4 Å². The monoisotopic (exact) mass is 334 g/mol. The third-order valence-corrected chi connectivity index (χ3v) is 3.50. The molecule has 2 atom stereocenters. The summed E-state index contributed by atoms with van der Waals surface area (Å²) >= 11 is 0. The Morgan fingerprint density at radius 2 is 2.18 bits per heavy atom. The van der Waals surface area contributed by atoms with Gasteiger partial charge in [0.15, 0.2) is 0 Å². The van der Waals surface area contributed by atoms with Gasteiger partial charge in [-0.25, -0.2) is 8.78 Å². The lowest BCUT2D eigenvalue weighted by atomic mass is 9.92. The van der Waals surface area contributed by atoms with E-state index in [0.717, 1.165) is 19.4 Å². The second-order valence-electron chi connectivity index (χ2n) is 5.26. The average molecular weight is 335 g/mol. The average Bonchev–Trinajstić information content (AvgIpc) is 2.46. The molecule has 124 valence electrons. The molecule has 1 aliphatic rings. The molecule has 2 rings (SSSR count). The number of hydrogen-bond donors (Lipinski definition) is 2. The van der Waals surface area contributed by atoms with Gasteiger partial charge in [0.1, 0.15) is 12.4 Å². The van der Waals surface area contributed by atoms with Gasteiger partial charge in [0.05, 0.1) is 5.69 Å². The maximum Gasteiger partial charge on any atom is 0.272 e. The van der Waals surface area contributed by atoms with Crippen LogP contribution in [0, 0.1) is 5.92 Å². The summed E-state index contributed by atoms with van der Waals surface area (Å²) in [6.45, 7) is 2.17. The number of carbonyl (C=O) groups is 1. The zero-order chi connectivity index (χ0) is 15.2. The van der Waals surface area contributed by atoms with Gasteiger partial charge in [-0.2, -0.15) is 0 Å². The van der Waals surface area contributed by atoms with E-state index in [4.69, 9.17) is 4.74 Å². The molecule has 1 saturated heterocycles. The topological polar surface area (TPSA) is 50.4 Å². The molecule has 0 bridgehead atoms. The molecule has 0 aliphatic carbocycles. The molecular formula is C15H21ClF2N2O2. The minimum Gasteiger partial charge on any atom is -0.485 e. The summed E-state index contributed by atoms with van der Waals surface area (Å²) in [6.07, 6.45) is -0.999. The van der Waals surface area contributed by atoms with Gasteiger partial charge in [0, 0.05) is 12.0 Å². The van der Waals surface area contributed by atoms with E-state index in [0.29, 0.717) is 11.7 Å². The first-order valence-electron chi connectivity index (χ1n) is 7.10. The van der Waals surface area contributed by atoms with Crippen LogP contribution in [0.4, 0.5) is 14.5 Å². The number of piperidine rings is 1. The lowest BCUT2D eigenvalue weighted by Gasteiger charge is -2.27. The number of benzene rings is 1. The van der Waals surface area contributed by atoms with Gasteiger partial charge in [0.2, 0.25) is 5.91 Å². The Bertz CT molecular complexity index is 488. The lowest BCUT2D eigenvalue weighted by Crippen LogP contribution is -2.40. The van der Waals surface area contributed by atoms with Crippen LogP contribution >= 0.6 is 12.4 Å². The molecule has 0 spiro atoms. The highest BCUT2D eigenvalue weighted by Crippen LogP contribution is 2.26. The Hall–Kier alpha value is -1.40. The summed E-state index contributed by atoms with van der Waals surface area (Å²) in [5.41, 5.74) is 0.439. The van der Waals surface area contributed by atoms with Crippen LogP contribution in [0.1, 0.15) is 19.8 Å². The van der Waals surface area contributed by atoms with Gasteiger partial charge in [-0.3, -0.25) is 4.79 Å². The molecule has 2 N–H and O–H groups in total. The Morgan fingerprint density at radius 1 is 1.45 bits per heavy atom. The van der Waals surface area contributed by atoms with Crippen LogP contribution in [0.15, 0.2) is 24.3 Å². The molecule has 0 unspecified atom stereocenters. The summed E-state index contributed by atoms with van der Waals surface area (Å²) in [4.78, 5) is 12.3. The normalized spacial score (nSPS) is 21.1. The first-order valence-corrected chi connectivity index (χ1v) is 7.10. The fourth-order valence-electron chi connectivity index (χ4n) is 2.45. The predicted octanol–water partition coefficient (Wildman–Crippen LogP) is 3.08. The minimum atomic E-state index is -2.54. The van der Waals surface area contributed by atoms with Crippen molar-refractivity contribution < 1.29 is 18.3 Å². The van der Waals surface area contributed by atoms with Crippen molar-refractivity contribution in [1.82, 2.24) is 5.32 Å². The number of para-hydroxylation sites is 2. The van der Waals surface area contributed by atoms with Gasteiger partial charge in [-0.05, 0) is 38.4 Å². The predicted molar refractivity (Wildman–Crippen MR) is 84.0 cm³/mol. The molecule has 0 radical (unpaired) electrons. The largest absolute Gasteiger partial charge is 0.485 e. The van der Waals surface area contributed by atoms with E-state index in [2.05, 4.69) is 10.6 Å². The summed E-state index contributed by atoms with van der Waals surface area (Å²) < 4.78 is 29.5. The van der Waals surface area contributed by atoms with Crippen LogP contribution in [-0.2, 0) is 4.79 Å². The smallest absolute Gasteiger partial charge is 0.272 e. The van der Waals surface area contributed by atoms with Gasteiger partial charge in [-0.1, -0.05) is 12.1 Å². The van der Waals surface area contributed by atoms with Crippen molar-refractivity contribution in [3.05, 3.63) is 24.3 Å². The van der Waals surface area contributed by atoms with Crippen LogP contribution in [0.3, 0.4) is 0 Å². The molecule has 1 aromatic rings. The highest BCUT2D eigenvalue weighted by molar-refractivity contribution is 5.94. The number of hydrogen-bond acceptors (Lipinski definition) is 3. The molecule has 22 heavy (non-hydrogen) atoms. The van der Waals surface area contributed by atoms with Gasteiger partial charge in [0.25, 0.3) is 6.43 Å². The van der Waals surface area contributed by atoms with E-state index in [1.54, 1.807) is 24.3 Å². The fourth-order valence-corrected chi connectivity index (χ4v) is 2.45. The van der Waals surface area contributed by atoms with Crippen molar-refractivity contribution >= 4 is 24.0 Å². The van der Waals surface area contributed by atoms with Crippen LogP contribution in [0.5, 0.6) is 5.75 Å². The zero-order valence-electron chi connectivity index (χ0n) is 12.4.